The monoisotopic (exact) mass is 348 g/mol. The van der Waals surface area contributed by atoms with Crippen molar-refractivity contribution in [1.29, 1.82) is 0 Å². The first-order valence-corrected chi connectivity index (χ1v) is 7.57. The van der Waals surface area contributed by atoms with E-state index >= 15 is 0 Å². The maximum Gasteiger partial charge on any atom is 0.0165 e. The quantitative estimate of drug-likeness (QED) is 0.625. The Balaban J connectivity index is 2.42. The zero-order valence-corrected chi connectivity index (χ0v) is 13.2. The lowest BCUT2D eigenvalue weighted by Crippen LogP contribution is -2.17. The van der Waals surface area contributed by atoms with Crippen molar-refractivity contribution in [1.82, 2.24) is 0 Å². The van der Waals surface area contributed by atoms with Crippen molar-refractivity contribution in [3.8, 4) is 11.1 Å². The zero-order chi connectivity index (χ0) is 12.9. The average Bonchev–Trinajstić information content (AvgIpc) is 2.60. The van der Waals surface area contributed by atoms with Gasteiger partial charge in [0.2, 0.25) is 0 Å². The Morgan fingerprint density at radius 1 is 1.00 bits per heavy atom. The molecule has 0 saturated heterocycles. The van der Waals surface area contributed by atoms with Crippen molar-refractivity contribution in [2.24, 2.45) is 0 Å². The summed E-state index contributed by atoms with van der Waals surface area (Å²) in [6.45, 7) is 6.97. The summed E-state index contributed by atoms with van der Waals surface area (Å²) in [5.74, 6) is 0. The van der Waals surface area contributed by atoms with Gasteiger partial charge >= 0.3 is 0 Å². The first kappa shape index (κ1) is 12.2. The molecular formula is C17H17I. The van der Waals surface area contributed by atoms with Gasteiger partial charge in [-0.05, 0) is 62.9 Å². The van der Waals surface area contributed by atoms with Crippen LogP contribution in [0.3, 0.4) is 0 Å². The summed E-state index contributed by atoms with van der Waals surface area (Å²) < 4.78 is 1.40. The number of halogens is 1. The maximum absolute atomic E-state index is 2.47. The molecule has 2 aromatic rings. The highest BCUT2D eigenvalue weighted by Gasteiger charge is 2.37. The van der Waals surface area contributed by atoms with Gasteiger partial charge in [-0.1, -0.05) is 51.1 Å². The van der Waals surface area contributed by atoms with Crippen molar-refractivity contribution < 1.29 is 0 Å². The molecule has 2 aromatic carbocycles. The number of fused-ring (bicyclic) bond motifs is 3. The number of rotatable bonds is 1. The maximum atomic E-state index is 2.47. The highest BCUT2D eigenvalue weighted by atomic mass is 127. The van der Waals surface area contributed by atoms with Gasteiger partial charge in [0.15, 0.2) is 0 Å². The van der Waals surface area contributed by atoms with Crippen LogP contribution in [0.25, 0.3) is 11.1 Å². The van der Waals surface area contributed by atoms with Crippen LogP contribution in [0.2, 0.25) is 0 Å². The van der Waals surface area contributed by atoms with E-state index < -0.39 is 0 Å². The molecule has 0 N–H and O–H groups in total. The third-order valence-corrected chi connectivity index (χ3v) is 5.14. The minimum Gasteiger partial charge on any atom is -0.0619 e. The third kappa shape index (κ3) is 1.49. The molecule has 0 amide bonds. The molecule has 0 atom stereocenters. The van der Waals surface area contributed by atoms with Crippen LogP contribution in [0, 0.1) is 3.57 Å². The first-order valence-electron chi connectivity index (χ1n) is 6.49. The molecule has 0 spiro atoms. The Morgan fingerprint density at radius 3 is 2.44 bits per heavy atom. The lowest BCUT2D eigenvalue weighted by Gasteiger charge is -2.24. The van der Waals surface area contributed by atoms with Gasteiger partial charge in [-0.2, -0.15) is 0 Å². The van der Waals surface area contributed by atoms with Crippen molar-refractivity contribution >= 4 is 22.6 Å². The van der Waals surface area contributed by atoms with E-state index in [2.05, 4.69) is 79.8 Å². The summed E-state index contributed by atoms with van der Waals surface area (Å²) >= 11 is 2.47. The zero-order valence-electron chi connectivity index (χ0n) is 11.0. The Labute approximate surface area is 123 Å². The molecule has 3 rings (SSSR count). The first-order chi connectivity index (χ1) is 8.57. The summed E-state index contributed by atoms with van der Waals surface area (Å²) in [7, 11) is 0. The van der Waals surface area contributed by atoms with Crippen molar-refractivity contribution in [3.63, 3.8) is 0 Å². The SMILES string of the molecule is CCc1c(I)ccc2c1C(C)(C)c1ccccc1-2. The van der Waals surface area contributed by atoms with Crippen molar-refractivity contribution in [2.75, 3.05) is 0 Å². The molecule has 0 nitrogen and oxygen atoms in total. The molecule has 92 valence electrons. The minimum atomic E-state index is 0.137. The van der Waals surface area contributed by atoms with Crippen molar-refractivity contribution in [2.45, 2.75) is 32.6 Å². The fraction of sp³-hybridized carbons (Fsp3) is 0.294. The van der Waals surface area contributed by atoms with Crippen LogP contribution in [0.5, 0.6) is 0 Å². The van der Waals surface area contributed by atoms with E-state index in [1.165, 1.54) is 31.4 Å². The lowest BCUT2D eigenvalue weighted by molar-refractivity contribution is 0.651. The fourth-order valence-corrected chi connectivity index (χ4v) is 4.13. The Bertz CT molecular complexity index is 624. The number of hydrogen-bond acceptors (Lipinski definition) is 0. The van der Waals surface area contributed by atoms with Gasteiger partial charge in [-0.25, -0.2) is 0 Å². The Hall–Kier alpha value is -0.830. The Morgan fingerprint density at radius 2 is 1.72 bits per heavy atom. The van der Waals surface area contributed by atoms with Crippen LogP contribution in [-0.2, 0) is 11.8 Å². The van der Waals surface area contributed by atoms with E-state index in [1.54, 1.807) is 0 Å². The van der Waals surface area contributed by atoms with Gasteiger partial charge in [-0.15, -0.1) is 0 Å². The molecular weight excluding hydrogens is 331 g/mol. The Kier molecular flexibility index (Phi) is 2.77. The molecule has 0 fully saturated rings. The standard InChI is InChI=1S/C17H17I/c1-4-11-15(18)10-9-13-12-7-5-6-8-14(12)17(2,3)16(11)13/h5-10H,4H2,1-3H3. The fourth-order valence-electron chi connectivity index (χ4n) is 3.30. The second-order valence-electron chi connectivity index (χ2n) is 5.47. The predicted octanol–water partition coefficient (Wildman–Crippen LogP) is 5.16. The molecule has 0 saturated carbocycles. The normalized spacial score (nSPS) is 15.3. The van der Waals surface area contributed by atoms with Crippen LogP contribution in [0.1, 0.15) is 37.5 Å². The second-order valence-corrected chi connectivity index (χ2v) is 6.63. The van der Waals surface area contributed by atoms with E-state index in [9.17, 15) is 0 Å². The van der Waals surface area contributed by atoms with Crippen molar-refractivity contribution in [3.05, 3.63) is 56.7 Å². The third-order valence-electron chi connectivity index (χ3n) is 4.12. The summed E-state index contributed by atoms with van der Waals surface area (Å²) in [4.78, 5) is 0. The summed E-state index contributed by atoms with van der Waals surface area (Å²) in [6.07, 6.45) is 1.11. The smallest absolute Gasteiger partial charge is 0.0165 e. The largest absolute Gasteiger partial charge is 0.0619 e. The summed E-state index contributed by atoms with van der Waals surface area (Å²) in [6, 6.07) is 13.4. The van der Waals surface area contributed by atoms with Gasteiger partial charge in [-0.3, -0.25) is 0 Å². The van der Waals surface area contributed by atoms with E-state index in [0.29, 0.717) is 0 Å². The molecule has 0 unspecified atom stereocenters. The summed E-state index contributed by atoms with van der Waals surface area (Å²) in [5.41, 5.74) is 7.53. The highest BCUT2D eigenvalue weighted by molar-refractivity contribution is 14.1. The summed E-state index contributed by atoms with van der Waals surface area (Å²) in [5, 5.41) is 0. The van der Waals surface area contributed by atoms with Gasteiger partial charge < -0.3 is 0 Å². The second kappa shape index (κ2) is 4.09. The van der Waals surface area contributed by atoms with Crippen LogP contribution >= 0.6 is 22.6 Å². The lowest BCUT2D eigenvalue weighted by atomic mass is 9.80. The van der Waals surface area contributed by atoms with E-state index in [-0.39, 0.29) is 5.41 Å². The minimum absolute atomic E-state index is 0.137. The molecule has 0 aromatic heterocycles. The van der Waals surface area contributed by atoms with Gasteiger partial charge in [0.1, 0.15) is 0 Å². The van der Waals surface area contributed by atoms with Crippen LogP contribution in [0.15, 0.2) is 36.4 Å². The van der Waals surface area contributed by atoms with E-state index in [1.807, 2.05) is 0 Å². The van der Waals surface area contributed by atoms with Crippen LogP contribution in [0.4, 0.5) is 0 Å². The molecule has 1 aliphatic carbocycles. The van der Waals surface area contributed by atoms with Gasteiger partial charge in [0, 0.05) is 8.99 Å². The molecule has 0 aliphatic heterocycles. The average molecular weight is 348 g/mol. The molecule has 1 heteroatoms. The van der Waals surface area contributed by atoms with Crippen LogP contribution in [-0.4, -0.2) is 0 Å². The molecule has 0 bridgehead atoms. The molecule has 1 aliphatic rings. The van der Waals surface area contributed by atoms with E-state index in [4.69, 9.17) is 0 Å². The molecule has 0 heterocycles. The van der Waals surface area contributed by atoms with Crippen LogP contribution < -0.4 is 0 Å². The number of hydrogen-bond donors (Lipinski definition) is 0. The highest BCUT2D eigenvalue weighted by Crippen LogP contribution is 2.50. The van der Waals surface area contributed by atoms with E-state index in [0.717, 1.165) is 6.42 Å². The number of benzene rings is 2. The molecule has 0 radical (unpaired) electrons. The topological polar surface area (TPSA) is 0 Å². The predicted molar refractivity (Wildman–Crippen MR) is 86.1 cm³/mol. The molecule has 18 heavy (non-hydrogen) atoms. The van der Waals surface area contributed by atoms with Gasteiger partial charge in [0.25, 0.3) is 0 Å². The van der Waals surface area contributed by atoms with Gasteiger partial charge in [0.05, 0.1) is 0 Å².